The summed E-state index contributed by atoms with van der Waals surface area (Å²) in [6, 6.07) is 12.0. The molecule has 0 atom stereocenters. The van der Waals surface area contributed by atoms with Crippen LogP contribution in [0.2, 0.25) is 0 Å². The highest BCUT2D eigenvalue weighted by Crippen LogP contribution is 2.23. The second-order valence-corrected chi connectivity index (χ2v) is 6.48. The zero-order valence-electron chi connectivity index (χ0n) is 17.0. The fourth-order valence-corrected chi connectivity index (χ4v) is 2.56. The molecule has 0 unspecified atom stereocenters. The maximum absolute atomic E-state index is 12.5. The quantitative estimate of drug-likeness (QED) is 0.405. The Labute approximate surface area is 173 Å². The van der Waals surface area contributed by atoms with Crippen molar-refractivity contribution in [2.45, 2.75) is 26.2 Å². The van der Waals surface area contributed by atoms with Gasteiger partial charge in [-0.25, -0.2) is 4.79 Å². The van der Waals surface area contributed by atoms with Gasteiger partial charge in [-0.3, -0.25) is 4.99 Å². The number of aryl methyl sites for hydroxylation is 1. The van der Waals surface area contributed by atoms with E-state index in [4.69, 9.17) is 4.74 Å². The molecule has 2 rings (SSSR count). The zero-order valence-corrected chi connectivity index (χ0v) is 17.0. The van der Waals surface area contributed by atoms with E-state index in [0.717, 1.165) is 11.1 Å². The van der Waals surface area contributed by atoms with E-state index < -0.39 is 18.8 Å². The molecule has 0 aliphatic heterocycles. The van der Waals surface area contributed by atoms with Crippen LogP contribution in [0.1, 0.15) is 27.0 Å². The topological polar surface area (TPSA) is 72.0 Å². The molecule has 30 heavy (non-hydrogen) atoms. The average molecular weight is 423 g/mol. The van der Waals surface area contributed by atoms with Crippen LogP contribution >= 0.6 is 0 Å². The van der Waals surface area contributed by atoms with Crippen molar-refractivity contribution in [3.8, 4) is 5.75 Å². The number of aliphatic imine (C=N–C) groups is 1. The Bertz CT molecular complexity index is 881. The first-order valence-corrected chi connectivity index (χ1v) is 9.12. The second kappa shape index (κ2) is 10.5. The first-order chi connectivity index (χ1) is 14.2. The molecule has 0 bridgehead atoms. The van der Waals surface area contributed by atoms with Gasteiger partial charge in [0.05, 0.1) is 12.7 Å². The maximum atomic E-state index is 12.5. The van der Waals surface area contributed by atoms with E-state index in [1.165, 1.54) is 7.11 Å². The summed E-state index contributed by atoms with van der Waals surface area (Å²) in [5.74, 6) is 0.233. The van der Waals surface area contributed by atoms with Crippen molar-refractivity contribution in [3.63, 3.8) is 0 Å². The molecule has 0 spiro atoms. The van der Waals surface area contributed by atoms with Crippen molar-refractivity contribution < 1.29 is 27.4 Å². The largest absolute Gasteiger partial charge is 0.484 e. The van der Waals surface area contributed by atoms with Gasteiger partial charge in [0.15, 0.2) is 12.6 Å². The van der Waals surface area contributed by atoms with Gasteiger partial charge in [-0.15, -0.1) is 0 Å². The summed E-state index contributed by atoms with van der Waals surface area (Å²) in [4.78, 5) is 15.6. The summed E-state index contributed by atoms with van der Waals surface area (Å²) in [5.41, 5.74) is 2.74. The van der Waals surface area contributed by atoms with Crippen molar-refractivity contribution in [2.75, 3.05) is 20.8 Å². The molecular formula is C21H24F3N3O3. The molecule has 2 aromatic rings. The van der Waals surface area contributed by atoms with Gasteiger partial charge in [-0.05, 0) is 36.2 Å². The fourth-order valence-electron chi connectivity index (χ4n) is 2.56. The Morgan fingerprint density at radius 2 is 1.73 bits per heavy atom. The smallest absolute Gasteiger partial charge is 0.422 e. The normalized spacial score (nSPS) is 11.7. The highest BCUT2D eigenvalue weighted by Gasteiger charge is 2.28. The lowest BCUT2D eigenvalue weighted by Crippen LogP contribution is -2.36. The van der Waals surface area contributed by atoms with Crippen molar-refractivity contribution in [2.24, 2.45) is 4.99 Å². The molecule has 0 fully saturated rings. The van der Waals surface area contributed by atoms with Crippen molar-refractivity contribution in [1.82, 2.24) is 10.6 Å². The number of alkyl halides is 3. The minimum Gasteiger partial charge on any atom is -0.484 e. The van der Waals surface area contributed by atoms with E-state index in [2.05, 4.69) is 20.4 Å². The van der Waals surface area contributed by atoms with Crippen LogP contribution in [0.15, 0.2) is 47.5 Å². The zero-order chi connectivity index (χ0) is 22.1. The molecule has 2 N–H and O–H groups in total. The number of benzene rings is 2. The molecule has 0 saturated heterocycles. The molecule has 0 aliphatic carbocycles. The third-order valence-corrected chi connectivity index (χ3v) is 4.12. The second-order valence-electron chi connectivity index (χ2n) is 6.48. The molecule has 0 saturated carbocycles. The minimum atomic E-state index is -4.41. The number of ether oxygens (including phenoxy) is 2. The molecule has 162 valence electrons. The van der Waals surface area contributed by atoms with Crippen LogP contribution in [0.4, 0.5) is 13.2 Å². The molecule has 9 heteroatoms. The number of methoxy groups -OCH3 is 1. The van der Waals surface area contributed by atoms with Crippen LogP contribution in [0.25, 0.3) is 0 Å². The first-order valence-electron chi connectivity index (χ1n) is 9.12. The van der Waals surface area contributed by atoms with Crippen LogP contribution in [0.3, 0.4) is 0 Å². The number of guanidine groups is 1. The van der Waals surface area contributed by atoms with Crippen molar-refractivity contribution >= 4 is 11.9 Å². The highest BCUT2D eigenvalue weighted by atomic mass is 19.4. The van der Waals surface area contributed by atoms with E-state index >= 15 is 0 Å². The van der Waals surface area contributed by atoms with E-state index in [1.54, 1.807) is 56.4 Å². The van der Waals surface area contributed by atoms with Crippen LogP contribution in [0, 0.1) is 6.92 Å². The lowest BCUT2D eigenvalue weighted by atomic mass is 10.1. The highest BCUT2D eigenvalue weighted by molar-refractivity contribution is 5.89. The van der Waals surface area contributed by atoms with Crippen molar-refractivity contribution in [3.05, 3.63) is 64.7 Å². The molecule has 0 heterocycles. The molecular weight excluding hydrogens is 399 g/mol. The van der Waals surface area contributed by atoms with Gasteiger partial charge in [-0.1, -0.05) is 24.3 Å². The average Bonchev–Trinajstić information content (AvgIpc) is 2.72. The summed E-state index contributed by atoms with van der Waals surface area (Å²) in [5, 5.41) is 6.16. The molecule has 0 aliphatic rings. The van der Waals surface area contributed by atoms with Gasteiger partial charge in [0.2, 0.25) is 0 Å². The summed E-state index contributed by atoms with van der Waals surface area (Å²) >= 11 is 0. The predicted molar refractivity (Wildman–Crippen MR) is 108 cm³/mol. The van der Waals surface area contributed by atoms with E-state index in [9.17, 15) is 18.0 Å². The summed E-state index contributed by atoms with van der Waals surface area (Å²) in [7, 11) is 2.91. The van der Waals surface area contributed by atoms with Gasteiger partial charge in [0.1, 0.15) is 5.75 Å². The SMILES string of the molecule is CN=C(NCc1ccc(C(=O)OC)cc1)NCc1ccc(C)cc1OCC(F)(F)F. The monoisotopic (exact) mass is 423 g/mol. The van der Waals surface area contributed by atoms with E-state index in [-0.39, 0.29) is 12.3 Å². The summed E-state index contributed by atoms with van der Waals surface area (Å²) < 4.78 is 47.1. The number of carbonyl (C=O) groups excluding carboxylic acids is 1. The molecule has 0 radical (unpaired) electrons. The van der Waals surface area contributed by atoms with E-state index in [1.807, 2.05) is 0 Å². The number of rotatable bonds is 7. The standard InChI is InChI=1S/C21H24F3N3O3/c1-14-4-7-17(18(10-14)30-13-21(22,23)24)12-27-20(25-2)26-11-15-5-8-16(9-6-15)19(28)29-3/h4-10H,11-13H2,1-3H3,(H2,25,26,27). The minimum absolute atomic E-state index is 0.175. The Morgan fingerprint density at radius 3 is 2.33 bits per heavy atom. The number of esters is 1. The van der Waals surface area contributed by atoms with Gasteiger partial charge in [0, 0.05) is 25.7 Å². The van der Waals surface area contributed by atoms with Crippen molar-refractivity contribution in [1.29, 1.82) is 0 Å². The van der Waals surface area contributed by atoms with Gasteiger partial charge < -0.3 is 20.1 Å². The Balaban J connectivity index is 1.95. The summed E-state index contributed by atoms with van der Waals surface area (Å²) in [6.45, 7) is 1.10. The number of halogens is 3. The maximum Gasteiger partial charge on any atom is 0.422 e. The van der Waals surface area contributed by atoms with Gasteiger partial charge in [0.25, 0.3) is 0 Å². The van der Waals surface area contributed by atoms with Gasteiger partial charge >= 0.3 is 12.1 Å². The Hall–Kier alpha value is -3.23. The lowest BCUT2D eigenvalue weighted by molar-refractivity contribution is -0.153. The van der Waals surface area contributed by atoms with Crippen LogP contribution in [-0.2, 0) is 17.8 Å². The predicted octanol–water partition coefficient (Wildman–Crippen LogP) is 3.59. The lowest BCUT2D eigenvalue weighted by Gasteiger charge is -2.16. The molecule has 0 aromatic heterocycles. The number of hydrogen-bond donors (Lipinski definition) is 2. The molecule has 6 nitrogen and oxygen atoms in total. The molecule has 2 aromatic carbocycles. The van der Waals surface area contributed by atoms with Crippen LogP contribution in [-0.4, -0.2) is 38.9 Å². The van der Waals surface area contributed by atoms with Crippen LogP contribution in [0.5, 0.6) is 5.75 Å². The first kappa shape index (κ1) is 23.1. The third kappa shape index (κ3) is 7.31. The van der Waals surface area contributed by atoms with Crippen LogP contribution < -0.4 is 15.4 Å². The Kier molecular flexibility index (Phi) is 8.08. The Morgan fingerprint density at radius 1 is 1.07 bits per heavy atom. The summed E-state index contributed by atoms with van der Waals surface area (Å²) in [6.07, 6.45) is -4.41. The van der Waals surface area contributed by atoms with E-state index in [0.29, 0.717) is 23.6 Å². The molecule has 0 amide bonds. The van der Waals surface area contributed by atoms with Gasteiger partial charge in [-0.2, -0.15) is 13.2 Å². The number of hydrogen-bond acceptors (Lipinski definition) is 4. The third-order valence-electron chi connectivity index (χ3n) is 4.12. The number of carbonyl (C=O) groups is 1. The fraction of sp³-hybridized carbons (Fsp3) is 0.333. The number of nitrogens with one attached hydrogen (secondary N) is 2. The number of nitrogens with zero attached hydrogens (tertiary/aromatic N) is 1.